The topological polar surface area (TPSA) is 56.0 Å². The summed E-state index contributed by atoms with van der Waals surface area (Å²) in [5, 5.41) is 21.8. The molecule has 1 aliphatic carbocycles. The maximum Gasteiger partial charge on any atom is 0.101 e. The molecule has 0 saturated heterocycles. The predicted molar refractivity (Wildman–Crippen MR) is 58.8 cm³/mol. The SMILES string of the molecule is N#Cc1ccc(Cl)cc1NC1(CO)CC1. The van der Waals surface area contributed by atoms with E-state index in [9.17, 15) is 5.11 Å². The molecule has 3 nitrogen and oxygen atoms in total. The van der Waals surface area contributed by atoms with Crippen LogP contribution in [0.15, 0.2) is 18.2 Å². The molecule has 1 aromatic carbocycles. The van der Waals surface area contributed by atoms with Gasteiger partial charge in [0, 0.05) is 5.02 Å². The molecule has 0 amide bonds. The zero-order valence-corrected chi connectivity index (χ0v) is 8.88. The van der Waals surface area contributed by atoms with Crippen LogP contribution < -0.4 is 5.32 Å². The van der Waals surface area contributed by atoms with Gasteiger partial charge in [0.1, 0.15) is 6.07 Å². The second-order valence-electron chi connectivity index (χ2n) is 3.87. The number of anilines is 1. The molecule has 0 spiro atoms. The summed E-state index contributed by atoms with van der Waals surface area (Å²) >= 11 is 5.85. The van der Waals surface area contributed by atoms with Crippen LogP contribution in [-0.2, 0) is 0 Å². The molecule has 0 unspecified atom stereocenters. The van der Waals surface area contributed by atoms with Gasteiger partial charge in [0.25, 0.3) is 0 Å². The molecule has 0 bridgehead atoms. The van der Waals surface area contributed by atoms with Gasteiger partial charge < -0.3 is 10.4 Å². The molecular formula is C11H11ClN2O. The van der Waals surface area contributed by atoms with Crippen LogP contribution in [0.2, 0.25) is 5.02 Å². The molecular weight excluding hydrogens is 212 g/mol. The Morgan fingerprint density at radius 3 is 2.80 bits per heavy atom. The normalized spacial score (nSPS) is 16.9. The Bertz CT molecular complexity index is 421. The van der Waals surface area contributed by atoms with Crippen molar-refractivity contribution in [2.24, 2.45) is 0 Å². The highest BCUT2D eigenvalue weighted by atomic mass is 35.5. The molecule has 0 aliphatic heterocycles. The zero-order chi connectivity index (χ0) is 10.9. The second-order valence-corrected chi connectivity index (χ2v) is 4.30. The average Bonchev–Trinajstić information content (AvgIpc) is 2.99. The van der Waals surface area contributed by atoms with Crippen molar-refractivity contribution in [1.29, 1.82) is 5.26 Å². The van der Waals surface area contributed by atoms with E-state index in [1.54, 1.807) is 18.2 Å². The van der Waals surface area contributed by atoms with Crippen molar-refractivity contribution < 1.29 is 5.11 Å². The Labute approximate surface area is 93.3 Å². The van der Waals surface area contributed by atoms with Crippen molar-refractivity contribution >= 4 is 17.3 Å². The fraction of sp³-hybridized carbons (Fsp3) is 0.364. The maximum absolute atomic E-state index is 9.17. The van der Waals surface area contributed by atoms with Gasteiger partial charge in [-0.2, -0.15) is 5.26 Å². The number of hydrogen-bond acceptors (Lipinski definition) is 3. The van der Waals surface area contributed by atoms with E-state index in [1.807, 2.05) is 0 Å². The minimum Gasteiger partial charge on any atom is -0.394 e. The first-order valence-corrected chi connectivity index (χ1v) is 5.16. The number of benzene rings is 1. The van der Waals surface area contributed by atoms with E-state index in [1.165, 1.54) is 0 Å². The molecule has 0 radical (unpaired) electrons. The van der Waals surface area contributed by atoms with Crippen LogP contribution in [0.1, 0.15) is 18.4 Å². The third kappa shape index (κ3) is 2.06. The van der Waals surface area contributed by atoms with E-state index in [2.05, 4.69) is 11.4 Å². The lowest BCUT2D eigenvalue weighted by atomic mass is 10.1. The van der Waals surface area contributed by atoms with Crippen molar-refractivity contribution in [2.45, 2.75) is 18.4 Å². The third-order valence-electron chi connectivity index (χ3n) is 2.66. The van der Waals surface area contributed by atoms with Crippen LogP contribution >= 0.6 is 11.6 Å². The van der Waals surface area contributed by atoms with E-state index in [0.29, 0.717) is 16.3 Å². The standard InChI is InChI=1S/C11H11ClN2O/c12-9-2-1-8(6-13)10(5-9)14-11(7-15)3-4-11/h1-2,5,14-15H,3-4,7H2. The van der Waals surface area contributed by atoms with Gasteiger partial charge in [-0.05, 0) is 31.0 Å². The third-order valence-corrected chi connectivity index (χ3v) is 2.89. The first kappa shape index (κ1) is 10.3. The molecule has 4 heteroatoms. The molecule has 1 aromatic rings. The summed E-state index contributed by atoms with van der Waals surface area (Å²) in [6, 6.07) is 7.18. The molecule has 1 fully saturated rings. The minimum absolute atomic E-state index is 0.0877. The predicted octanol–water partition coefficient (Wildman–Crippen LogP) is 2.15. The van der Waals surface area contributed by atoms with Crippen molar-refractivity contribution in [1.82, 2.24) is 0 Å². The molecule has 78 valence electrons. The van der Waals surface area contributed by atoms with Crippen LogP contribution in [0.3, 0.4) is 0 Å². The van der Waals surface area contributed by atoms with Crippen molar-refractivity contribution in [3.8, 4) is 6.07 Å². The second kappa shape index (κ2) is 3.73. The average molecular weight is 223 g/mol. The van der Waals surface area contributed by atoms with Crippen LogP contribution in [0.25, 0.3) is 0 Å². The van der Waals surface area contributed by atoms with Gasteiger partial charge in [0.15, 0.2) is 0 Å². The summed E-state index contributed by atoms with van der Waals surface area (Å²) in [6.07, 6.45) is 1.86. The lowest BCUT2D eigenvalue weighted by molar-refractivity contribution is 0.266. The summed E-state index contributed by atoms with van der Waals surface area (Å²) < 4.78 is 0. The Balaban J connectivity index is 2.27. The summed E-state index contributed by atoms with van der Waals surface area (Å²) in [6.45, 7) is 0.0877. The molecule has 1 aliphatic rings. The highest BCUT2D eigenvalue weighted by Gasteiger charge is 2.42. The minimum atomic E-state index is -0.226. The number of nitrogens with one attached hydrogen (secondary N) is 1. The fourth-order valence-electron chi connectivity index (χ4n) is 1.48. The molecule has 2 rings (SSSR count). The van der Waals surface area contributed by atoms with E-state index < -0.39 is 0 Å². The van der Waals surface area contributed by atoms with Crippen molar-refractivity contribution in [2.75, 3.05) is 11.9 Å². The summed E-state index contributed by atoms with van der Waals surface area (Å²) in [4.78, 5) is 0. The van der Waals surface area contributed by atoms with Crippen LogP contribution in [0.5, 0.6) is 0 Å². The molecule has 0 atom stereocenters. The lowest BCUT2D eigenvalue weighted by Gasteiger charge is -2.16. The number of nitriles is 1. The van der Waals surface area contributed by atoms with Crippen LogP contribution in [-0.4, -0.2) is 17.3 Å². The number of hydrogen-bond donors (Lipinski definition) is 2. The molecule has 1 saturated carbocycles. The number of rotatable bonds is 3. The first-order valence-electron chi connectivity index (χ1n) is 4.78. The number of aliphatic hydroxyl groups excluding tert-OH is 1. The Kier molecular flexibility index (Phi) is 2.56. The zero-order valence-electron chi connectivity index (χ0n) is 8.13. The number of nitrogens with zero attached hydrogens (tertiary/aromatic N) is 1. The van der Waals surface area contributed by atoms with Gasteiger partial charge in [-0.15, -0.1) is 0 Å². The van der Waals surface area contributed by atoms with Gasteiger partial charge >= 0.3 is 0 Å². The Morgan fingerprint density at radius 2 is 2.27 bits per heavy atom. The van der Waals surface area contributed by atoms with Gasteiger partial charge in [-0.25, -0.2) is 0 Å². The van der Waals surface area contributed by atoms with Crippen LogP contribution in [0, 0.1) is 11.3 Å². The quantitative estimate of drug-likeness (QED) is 0.824. The maximum atomic E-state index is 9.17. The smallest absolute Gasteiger partial charge is 0.101 e. The monoisotopic (exact) mass is 222 g/mol. The van der Waals surface area contributed by atoms with Gasteiger partial charge in [-0.1, -0.05) is 11.6 Å². The Hall–Kier alpha value is -1.24. The summed E-state index contributed by atoms with van der Waals surface area (Å²) in [5.74, 6) is 0. The Morgan fingerprint density at radius 1 is 1.53 bits per heavy atom. The molecule has 15 heavy (non-hydrogen) atoms. The summed E-state index contributed by atoms with van der Waals surface area (Å²) in [7, 11) is 0. The fourth-order valence-corrected chi connectivity index (χ4v) is 1.65. The first-order chi connectivity index (χ1) is 7.19. The summed E-state index contributed by atoms with van der Waals surface area (Å²) in [5.41, 5.74) is 1.03. The molecule has 2 N–H and O–H groups in total. The van der Waals surface area contributed by atoms with Crippen LogP contribution in [0.4, 0.5) is 5.69 Å². The van der Waals surface area contributed by atoms with Gasteiger partial charge in [0.2, 0.25) is 0 Å². The molecule has 0 aromatic heterocycles. The molecule has 0 heterocycles. The van der Waals surface area contributed by atoms with E-state index in [4.69, 9.17) is 16.9 Å². The number of halogens is 1. The van der Waals surface area contributed by atoms with E-state index >= 15 is 0 Å². The van der Waals surface area contributed by atoms with Crippen molar-refractivity contribution in [3.63, 3.8) is 0 Å². The van der Waals surface area contributed by atoms with E-state index in [-0.39, 0.29) is 12.1 Å². The van der Waals surface area contributed by atoms with Gasteiger partial charge in [-0.3, -0.25) is 0 Å². The van der Waals surface area contributed by atoms with Crippen molar-refractivity contribution in [3.05, 3.63) is 28.8 Å². The lowest BCUT2D eigenvalue weighted by Crippen LogP contribution is -2.25. The highest BCUT2D eigenvalue weighted by molar-refractivity contribution is 6.30. The largest absolute Gasteiger partial charge is 0.394 e. The number of aliphatic hydroxyl groups is 1. The van der Waals surface area contributed by atoms with Gasteiger partial charge in [0.05, 0.1) is 23.4 Å². The highest BCUT2D eigenvalue weighted by Crippen LogP contribution is 2.39. The van der Waals surface area contributed by atoms with E-state index in [0.717, 1.165) is 12.8 Å².